The first kappa shape index (κ1) is 30.8. The van der Waals surface area contributed by atoms with Crippen molar-refractivity contribution < 1.29 is 27.1 Å². The maximum absolute atomic E-state index is 13.9. The van der Waals surface area contributed by atoms with Crippen LogP contribution in [0.3, 0.4) is 0 Å². The summed E-state index contributed by atoms with van der Waals surface area (Å²) < 4.78 is 47.1. The number of benzene rings is 3. The average Bonchev–Trinajstić information content (AvgIpc) is 3.66. The highest BCUT2D eigenvalue weighted by Crippen LogP contribution is 2.23. The van der Waals surface area contributed by atoms with Crippen molar-refractivity contribution in [2.24, 2.45) is 0 Å². The summed E-state index contributed by atoms with van der Waals surface area (Å²) in [6.07, 6.45) is 4.27. The van der Waals surface area contributed by atoms with Gasteiger partial charge in [-0.15, -0.1) is 0 Å². The molecule has 1 saturated heterocycles. The van der Waals surface area contributed by atoms with Gasteiger partial charge in [0.05, 0.1) is 11.0 Å². The number of nitrogens with one attached hydrogen (secondary N) is 2. The molecule has 8 nitrogen and oxygen atoms in total. The molecule has 5 rings (SSSR count). The number of ether oxygens (including phenoxy) is 1. The van der Waals surface area contributed by atoms with Crippen LogP contribution in [0.4, 0.5) is 4.39 Å². The van der Waals surface area contributed by atoms with Crippen LogP contribution in [0.2, 0.25) is 0 Å². The van der Waals surface area contributed by atoms with Gasteiger partial charge >= 0.3 is 0 Å². The Bertz CT molecular complexity index is 1470. The van der Waals surface area contributed by atoms with Crippen molar-refractivity contribution in [3.05, 3.63) is 101 Å². The lowest BCUT2D eigenvalue weighted by atomic mass is 10.0. The molecule has 0 bridgehead atoms. The molecule has 43 heavy (non-hydrogen) atoms. The average molecular weight is 608 g/mol. The number of amides is 2. The van der Waals surface area contributed by atoms with Gasteiger partial charge in [-0.05, 0) is 73.1 Å². The number of hydrogen-bond acceptors (Lipinski definition) is 5. The van der Waals surface area contributed by atoms with Gasteiger partial charge in [0.2, 0.25) is 21.8 Å². The predicted octanol–water partition coefficient (Wildman–Crippen LogP) is 4.13. The Morgan fingerprint density at radius 2 is 1.60 bits per heavy atom. The van der Waals surface area contributed by atoms with Gasteiger partial charge < -0.3 is 15.0 Å². The molecule has 2 amide bonds. The number of sulfonamides is 1. The molecule has 228 valence electrons. The Morgan fingerprint density at radius 1 is 0.907 bits per heavy atom. The van der Waals surface area contributed by atoms with Crippen molar-refractivity contribution in [1.29, 1.82) is 0 Å². The van der Waals surface area contributed by atoms with Crippen molar-refractivity contribution in [1.82, 2.24) is 14.9 Å². The molecule has 0 aromatic heterocycles. The molecule has 3 aromatic carbocycles. The van der Waals surface area contributed by atoms with Crippen molar-refractivity contribution in [2.75, 3.05) is 13.2 Å². The molecule has 0 radical (unpaired) electrons. The number of carbonyl (C=O) groups excluding carboxylic acids is 2. The molecule has 2 fully saturated rings. The zero-order valence-electron chi connectivity index (χ0n) is 24.1. The van der Waals surface area contributed by atoms with E-state index in [2.05, 4.69) is 10.0 Å². The standard InChI is InChI=1S/C33H38FN3O5S/c34-27-13-8-26(9-14-27)23-37(31(21-25-5-2-1-3-6-25)33(39)35-22-29-7-4-20-42-29)32(38)19-12-24-10-17-30(18-11-24)43(40,41)36-28-15-16-28/h1-3,5-6,8-11,13-14,17-18,28-29,31,36H,4,7,12,15-16,19-23H2,(H,35,39)/t29-,31+/m0/s1. The van der Waals surface area contributed by atoms with Gasteiger partial charge in [-0.25, -0.2) is 17.5 Å². The molecule has 0 spiro atoms. The first-order valence-electron chi connectivity index (χ1n) is 14.9. The highest BCUT2D eigenvalue weighted by molar-refractivity contribution is 7.89. The van der Waals surface area contributed by atoms with E-state index in [1.165, 1.54) is 12.1 Å². The van der Waals surface area contributed by atoms with Gasteiger partial charge in [-0.1, -0.05) is 54.6 Å². The van der Waals surface area contributed by atoms with Crippen LogP contribution in [0.25, 0.3) is 0 Å². The summed E-state index contributed by atoms with van der Waals surface area (Å²) in [5, 5.41) is 3.01. The maximum atomic E-state index is 13.9. The lowest BCUT2D eigenvalue weighted by molar-refractivity contribution is -0.141. The summed E-state index contributed by atoms with van der Waals surface area (Å²) >= 11 is 0. The van der Waals surface area contributed by atoms with Crippen LogP contribution >= 0.6 is 0 Å². The van der Waals surface area contributed by atoms with Gasteiger partial charge in [-0.2, -0.15) is 0 Å². The Hall–Kier alpha value is -3.60. The number of aryl methyl sites for hydroxylation is 1. The molecule has 1 saturated carbocycles. The van der Waals surface area contributed by atoms with E-state index in [0.717, 1.165) is 36.8 Å². The second kappa shape index (κ2) is 14.2. The Labute approximate surface area is 252 Å². The Balaban J connectivity index is 1.34. The van der Waals surface area contributed by atoms with Gasteiger partial charge in [0.25, 0.3) is 0 Å². The van der Waals surface area contributed by atoms with E-state index in [9.17, 15) is 22.4 Å². The molecule has 2 atom stereocenters. The fraction of sp³-hybridized carbons (Fsp3) is 0.394. The second-order valence-electron chi connectivity index (χ2n) is 11.3. The van der Waals surface area contributed by atoms with E-state index in [-0.39, 0.29) is 47.6 Å². The van der Waals surface area contributed by atoms with Crippen LogP contribution in [0.1, 0.15) is 48.8 Å². The molecule has 1 heterocycles. The summed E-state index contributed by atoms with van der Waals surface area (Å²) in [6, 6.07) is 21.2. The highest BCUT2D eigenvalue weighted by Gasteiger charge is 2.31. The molecular formula is C33H38FN3O5S. The van der Waals surface area contributed by atoms with Crippen LogP contribution in [-0.4, -0.2) is 56.5 Å². The van der Waals surface area contributed by atoms with Crippen molar-refractivity contribution in [2.45, 2.75) is 74.6 Å². The Kier molecular flexibility index (Phi) is 10.2. The molecule has 0 unspecified atom stereocenters. The number of halogens is 1. The fourth-order valence-electron chi connectivity index (χ4n) is 5.20. The number of hydrogen-bond donors (Lipinski definition) is 2. The quantitative estimate of drug-likeness (QED) is 0.287. The minimum absolute atomic E-state index is 0.0149. The topological polar surface area (TPSA) is 105 Å². The SMILES string of the molecule is O=C(NC[C@@H]1CCCO1)[C@@H](Cc1ccccc1)N(Cc1ccc(F)cc1)C(=O)CCc1ccc(S(=O)(=O)NC2CC2)cc1. The normalized spacial score (nSPS) is 17.4. The first-order chi connectivity index (χ1) is 20.8. The third-order valence-corrected chi connectivity index (χ3v) is 9.36. The molecule has 10 heteroatoms. The summed E-state index contributed by atoms with van der Waals surface area (Å²) in [4.78, 5) is 29.3. The van der Waals surface area contributed by atoms with Crippen LogP contribution in [0, 0.1) is 5.82 Å². The van der Waals surface area contributed by atoms with Crippen LogP contribution < -0.4 is 10.0 Å². The summed E-state index contributed by atoms with van der Waals surface area (Å²) in [7, 11) is -3.56. The molecule has 2 N–H and O–H groups in total. The van der Waals surface area contributed by atoms with Gasteiger partial charge in [0.15, 0.2) is 0 Å². The fourth-order valence-corrected chi connectivity index (χ4v) is 6.50. The summed E-state index contributed by atoms with van der Waals surface area (Å²) in [5.74, 6) is -0.883. The van der Waals surface area contributed by atoms with E-state index < -0.39 is 16.1 Å². The molecule has 2 aliphatic rings. The lowest BCUT2D eigenvalue weighted by Gasteiger charge is -2.32. The van der Waals surface area contributed by atoms with E-state index in [1.54, 1.807) is 41.3 Å². The number of nitrogens with zero attached hydrogens (tertiary/aromatic N) is 1. The largest absolute Gasteiger partial charge is 0.376 e. The van der Waals surface area contributed by atoms with Gasteiger partial charge in [0.1, 0.15) is 11.9 Å². The number of rotatable bonds is 14. The van der Waals surface area contributed by atoms with Crippen LogP contribution in [0.5, 0.6) is 0 Å². The Morgan fingerprint density at radius 3 is 2.26 bits per heavy atom. The third-order valence-electron chi connectivity index (χ3n) is 7.83. The zero-order chi connectivity index (χ0) is 30.2. The highest BCUT2D eigenvalue weighted by atomic mass is 32.2. The smallest absolute Gasteiger partial charge is 0.243 e. The minimum Gasteiger partial charge on any atom is -0.376 e. The van der Waals surface area contributed by atoms with Crippen molar-refractivity contribution in [3.8, 4) is 0 Å². The molecular weight excluding hydrogens is 569 g/mol. The van der Waals surface area contributed by atoms with E-state index in [4.69, 9.17) is 4.74 Å². The predicted molar refractivity (Wildman–Crippen MR) is 161 cm³/mol. The molecule has 1 aliphatic heterocycles. The number of carbonyl (C=O) groups is 2. The van der Waals surface area contributed by atoms with E-state index >= 15 is 0 Å². The first-order valence-corrected chi connectivity index (χ1v) is 16.3. The van der Waals surface area contributed by atoms with Crippen molar-refractivity contribution in [3.63, 3.8) is 0 Å². The van der Waals surface area contributed by atoms with Crippen LogP contribution in [0.15, 0.2) is 83.8 Å². The van der Waals surface area contributed by atoms with Crippen molar-refractivity contribution >= 4 is 21.8 Å². The lowest BCUT2D eigenvalue weighted by Crippen LogP contribution is -2.51. The zero-order valence-corrected chi connectivity index (χ0v) is 24.9. The molecule has 3 aromatic rings. The summed E-state index contributed by atoms with van der Waals surface area (Å²) in [6.45, 7) is 1.18. The maximum Gasteiger partial charge on any atom is 0.243 e. The van der Waals surface area contributed by atoms with E-state index in [0.29, 0.717) is 31.6 Å². The van der Waals surface area contributed by atoms with Crippen LogP contribution in [-0.2, 0) is 43.7 Å². The van der Waals surface area contributed by atoms with E-state index in [1.807, 2.05) is 30.3 Å². The second-order valence-corrected chi connectivity index (χ2v) is 13.0. The van der Waals surface area contributed by atoms with Gasteiger partial charge in [-0.3, -0.25) is 9.59 Å². The molecule has 1 aliphatic carbocycles. The minimum atomic E-state index is -3.56. The third kappa shape index (κ3) is 8.95. The monoisotopic (exact) mass is 607 g/mol. The van der Waals surface area contributed by atoms with Gasteiger partial charge in [0, 0.05) is 38.6 Å². The summed E-state index contributed by atoms with van der Waals surface area (Å²) in [5.41, 5.74) is 2.42.